The first kappa shape index (κ1) is 21.6. The fourth-order valence-corrected chi connectivity index (χ4v) is 2.96. The summed E-state index contributed by atoms with van der Waals surface area (Å²) >= 11 is 0. The molecular weight excluding hydrogens is 274 g/mol. The minimum Gasteiger partial charge on any atom is -0.385 e. The summed E-state index contributed by atoms with van der Waals surface area (Å²) in [6.45, 7) is 17.9. The fourth-order valence-electron chi connectivity index (χ4n) is 2.96. The molecule has 0 aromatic rings. The van der Waals surface area contributed by atoms with Gasteiger partial charge in [-0.25, -0.2) is 0 Å². The Hall–Kier alpha value is -0.380. The number of aliphatic hydroxyl groups excluding tert-OH is 1. The number of hydrogen-bond acceptors (Lipinski definition) is 2. The summed E-state index contributed by atoms with van der Waals surface area (Å²) in [5, 5.41) is 10.4. The number of quaternary nitrogens is 1. The molecule has 132 valence electrons. The van der Waals surface area contributed by atoms with Gasteiger partial charge in [-0.2, -0.15) is 0 Å². The summed E-state index contributed by atoms with van der Waals surface area (Å²) in [5.74, 6) is 0. The van der Waals surface area contributed by atoms with Gasteiger partial charge in [0.15, 0.2) is 0 Å². The Morgan fingerprint density at radius 2 is 1.45 bits per heavy atom. The van der Waals surface area contributed by atoms with Gasteiger partial charge in [0, 0.05) is 0 Å². The van der Waals surface area contributed by atoms with Crippen LogP contribution < -0.4 is 0 Å². The highest BCUT2D eigenvalue weighted by Gasteiger charge is 2.29. The van der Waals surface area contributed by atoms with Crippen molar-refractivity contribution in [2.75, 3.05) is 39.4 Å². The van der Waals surface area contributed by atoms with Crippen molar-refractivity contribution in [2.24, 2.45) is 0 Å². The highest BCUT2D eigenvalue weighted by atomic mass is 16.5. The average Bonchev–Trinajstić information content (AvgIpc) is 2.48. The van der Waals surface area contributed by atoms with Gasteiger partial charge in [0.25, 0.3) is 0 Å². The fraction of sp³-hybridized carbons (Fsp3) is 0.895. The minimum absolute atomic E-state index is 0.370. The monoisotopic (exact) mass is 314 g/mol. The van der Waals surface area contributed by atoms with Gasteiger partial charge in [-0.3, -0.25) is 0 Å². The molecule has 3 nitrogen and oxygen atoms in total. The molecule has 0 aliphatic rings. The third-order valence-corrected chi connectivity index (χ3v) is 4.21. The maximum Gasteiger partial charge on any atom is 0.126 e. The predicted molar refractivity (Wildman–Crippen MR) is 96.1 cm³/mol. The lowest BCUT2D eigenvalue weighted by atomic mass is 10.1. The minimum atomic E-state index is -0.370. The third-order valence-electron chi connectivity index (χ3n) is 4.21. The van der Waals surface area contributed by atoms with E-state index in [9.17, 15) is 5.11 Å². The van der Waals surface area contributed by atoms with Crippen LogP contribution in [-0.4, -0.2) is 55.1 Å². The van der Waals surface area contributed by atoms with Crippen LogP contribution in [0.1, 0.15) is 66.2 Å². The molecular formula is C19H40NO2+. The normalized spacial score (nSPS) is 13.3. The van der Waals surface area contributed by atoms with Crippen LogP contribution in [0.4, 0.5) is 0 Å². The van der Waals surface area contributed by atoms with Gasteiger partial charge in [0.05, 0.1) is 32.8 Å². The van der Waals surface area contributed by atoms with Crippen molar-refractivity contribution < 1.29 is 14.3 Å². The first-order valence-corrected chi connectivity index (χ1v) is 9.25. The Bertz CT molecular complexity index is 257. The van der Waals surface area contributed by atoms with Crippen LogP contribution in [0.25, 0.3) is 0 Å². The largest absolute Gasteiger partial charge is 0.385 e. The van der Waals surface area contributed by atoms with E-state index in [0.717, 1.165) is 16.6 Å². The van der Waals surface area contributed by atoms with Crippen molar-refractivity contribution in [3.05, 3.63) is 12.2 Å². The van der Waals surface area contributed by atoms with E-state index in [2.05, 4.69) is 27.4 Å². The van der Waals surface area contributed by atoms with Gasteiger partial charge in [0.1, 0.15) is 12.6 Å². The SMILES string of the molecule is C=C(C)COCC(O)C[N+](CCCC)(CCCC)CCCC. The van der Waals surface area contributed by atoms with E-state index in [-0.39, 0.29) is 6.10 Å². The predicted octanol–water partition coefficient (Wildman–Crippen LogP) is 4.16. The molecule has 0 radical (unpaired) electrons. The molecule has 0 amide bonds. The van der Waals surface area contributed by atoms with Gasteiger partial charge in [-0.05, 0) is 26.2 Å². The van der Waals surface area contributed by atoms with Crippen molar-refractivity contribution in [3.63, 3.8) is 0 Å². The van der Waals surface area contributed by atoms with Crippen LogP contribution in [0.15, 0.2) is 12.2 Å². The zero-order chi connectivity index (χ0) is 16.8. The van der Waals surface area contributed by atoms with Crippen LogP contribution >= 0.6 is 0 Å². The number of rotatable bonds is 15. The summed E-state index contributed by atoms with van der Waals surface area (Å²) < 4.78 is 6.62. The van der Waals surface area contributed by atoms with Crippen LogP contribution in [0.2, 0.25) is 0 Å². The second-order valence-corrected chi connectivity index (χ2v) is 6.88. The number of aliphatic hydroxyl groups is 1. The second-order valence-electron chi connectivity index (χ2n) is 6.88. The standard InChI is InChI=1S/C19H40NO2/c1-6-9-12-20(13-10-7-2,14-11-8-3)15-19(21)17-22-16-18(4)5/h19,21H,4,6-17H2,1-3,5H3/q+1. The Labute approximate surface area is 138 Å². The summed E-state index contributed by atoms with van der Waals surface area (Å²) in [6.07, 6.45) is 7.03. The van der Waals surface area contributed by atoms with E-state index < -0.39 is 0 Å². The van der Waals surface area contributed by atoms with E-state index in [1.807, 2.05) is 6.92 Å². The van der Waals surface area contributed by atoms with E-state index in [0.29, 0.717) is 13.2 Å². The number of unbranched alkanes of at least 4 members (excludes halogenated alkanes) is 3. The molecule has 0 aliphatic heterocycles. The maximum absolute atomic E-state index is 10.4. The molecule has 0 aromatic heterocycles. The van der Waals surface area contributed by atoms with Gasteiger partial charge in [-0.15, -0.1) is 0 Å². The van der Waals surface area contributed by atoms with Crippen LogP contribution in [-0.2, 0) is 4.74 Å². The quantitative estimate of drug-likeness (QED) is 0.363. The molecule has 3 heteroatoms. The van der Waals surface area contributed by atoms with Crippen LogP contribution in [0, 0.1) is 0 Å². The molecule has 0 spiro atoms. The lowest BCUT2D eigenvalue weighted by molar-refractivity contribution is -0.931. The van der Waals surface area contributed by atoms with Gasteiger partial charge in [0.2, 0.25) is 0 Å². The van der Waals surface area contributed by atoms with Gasteiger partial charge < -0.3 is 14.3 Å². The van der Waals surface area contributed by atoms with Crippen molar-refractivity contribution in [2.45, 2.75) is 72.3 Å². The topological polar surface area (TPSA) is 29.5 Å². The van der Waals surface area contributed by atoms with Crippen molar-refractivity contribution >= 4 is 0 Å². The van der Waals surface area contributed by atoms with Gasteiger partial charge in [-0.1, -0.05) is 52.2 Å². The zero-order valence-electron chi connectivity index (χ0n) is 15.6. The number of hydrogen-bond donors (Lipinski definition) is 1. The highest BCUT2D eigenvalue weighted by Crippen LogP contribution is 2.16. The molecule has 0 aromatic carbocycles. The molecule has 0 rings (SSSR count). The molecule has 0 heterocycles. The van der Waals surface area contributed by atoms with Crippen LogP contribution in [0.3, 0.4) is 0 Å². The summed E-state index contributed by atoms with van der Waals surface area (Å²) in [5.41, 5.74) is 1.01. The second kappa shape index (κ2) is 13.1. The van der Waals surface area contributed by atoms with E-state index in [1.54, 1.807) is 0 Å². The smallest absolute Gasteiger partial charge is 0.126 e. The third kappa shape index (κ3) is 10.4. The molecule has 0 saturated heterocycles. The lowest BCUT2D eigenvalue weighted by Crippen LogP contribution is -2.54. The Morgan fingerprint density at radius 1 is 1.00 bits per heavy atom. The molecule has 0 bridgehead atoms. The summed E-state index contributed by atoms with van der Waals surface area (Å²) in [7, 11) is 0. The summed E-state index contributed by atoms with van der Waals surface area (Å²) in [4.78, 5) is 0. The first-order chi connectivity index (χ1) is 10.5. The lowest BCUT2D eigenvalue weighted by Gasteiger charge is -2.40. The highest BCUT2D eigenvalue weighted by molar-refractivity contribution is 4.87. The number of nitrogens with zero attached hydrogens (tertiary/aromatic N) is 1. The molecule has 1 N–H and O–H groups in total. The zero-order valence-corrected chi connectivity index (χ0v) is 15.6. The Kier molecular flexibility index (Phi) is 12.9. The first-order valence-electron chi connectivity index (χ1n) is 9.25. The average molecular weight is 315 g/mol. The van der Waals surface area contributed by atoms with Gasteiger partial charge >= 0.3 is 0 Å². The van der Waals surface area contributed by atoms with Crippen molar-refractivity contribution in [3.8, 4) is 0 Å². The van der Waals surface area contributed by atoms with Crippen LogP contribution in [0.5, 0.6) is 0 Å². The van der Waals surface area contributed by atoms with E-state index in [4.69, 9.17) is 4.74 Å². The molecule has 0 aliphatic carbocycles. The molecule has 22 heavy (non-hydrogen) atoms. The van der Waals surface area contributed by atoms with Crippen molar-refractivity contribution in [1.29, 1.82) is 0 Å². The van der Waals surface area contributed by atoms with Crippen molar-refractivity contribution in [1.82, 2.24) is 0 Å². The molecule has 1 atom stereocenters. The molecule has 1 unspecified atom stereocenters. The number of ether oxygens (including phenoxy) is 1. The molecule has 0 saturated carbocycles. The Morgan fingerprint density at radius 3 is 1.82 bits per heavy atom. The Balaban J connectivity index is 4.64. The van der Waals surface area contributed by atoms with E-state index in [1.165, 1.54) is 58.2 Å². The maximum atomic E-state index is 10.4. The van der Waals surface area contributed by atoms with E-state index >= 15 is 0 Å². The molecule has 0 fully saturated rings. The summed E-state index contributed by atoms with van der Waals surface area (Å²) in [6, 6.07) is 0.